The van der Waals surface area contributed by atoms with E-state index in [2.05, 4.69) is 39.3 Å². The molecule has 0 spiro atoms. The zero-order chi connectivity index (χ0) is 35.3. The quantitative estimate of drug-likeness (QED) is 0.165. The van der Waals surface area contributed by atoms with Crippen molar-refractivity contribution in [3.63, 3.8) is 0 Å². The summed E-state index contributed by atoms with van der Waals surface area (Å²) < 4.78 is 37.7. The van der Waals surface area contributed by atoms with Crippen molar-refractivity contribution in [2.45, 2.75) is 137 Å². The Kier molecular flexibility index (Phi) is 13.6. The fraction of sp³-hybridized carbons (Fsp3) is 0.765. The third-order valence-electron chi connectivity index (χ3n) is 8.44. The molecular weight excluding hydrogens is 609 g/mol. The first-order valence-corrected chi connectivity index (χ1v) is 20.7. The van der Waals surface area contributed by atoms with Gasteiger partial charge in [0.05, 0.1) is 22.5 Å². The molecule has 9 nitrogen and oxygen atoms in total. The Bertz CT molecular complexity index is 1260. The van der Waals surface area contributed by atoms with E-state index in [0.717, 1.165) is 16.1 Å². The highest BCUT2D eigenvalue weighted by Gasteiger charge is 2.39. The fourth-order valence-corrected chi connectivity index (χ4v) is 7.88. The molecule has 0 bridgehead atoms. The van der Waals surface area contributed by atoms with E-state index >= 15 is 0 Å². The zero-order valence-electron chi connectivity index (χ0n) is 30.5. The molecule has 1 aromatic rings. The molecule has 0 saturated heterocycles. The van der Waals surface area contributed by atoms with Crippen LogP contribution in [0.15, 0.2) is 24.3 Å². The predicted molar refractivity (Wildman–Crippen MR) is 185 cm³/mol. The van der Waals surface area contributed by atoms with E-state index in [1.165, 1.54) is 7.05 Å². The number of nitrogens with zero attached hydrogens (tertiary/aromatic N) is 1. The van der Waals surface area contributed by atoms with Crippen LogP contribution in [-0.2, 0) is 35.6 Å². The first kappa shape index (κ1) is 41.1. The summed E-state index contributed by atoms with van der Waals surface area (Å²) in [5, 5.41) is 11.5. The van der Waals surface area contributed by atoms with Gasteiger partial charge in [-0.2, -0.15) is 0 Å². The summed E-state index contributed by atoms with van der Waals surface area (Å²) in [6.45, 7) is 25.2. The number of hydrazine groups is 1. The molecule has 2 amide bonds. The summed E-state index contributed by atoms with van der Waals surface area (Å²) in [5.41, 5.74) is 1.09. The van der Waals surface area contributed by atoms with Crippen molar-refractivity contribution in [1.29, 1.82) is 0 Å². The van der Waals surface area contributed by atoms with Crippen LogP contribution in [0.2, 0.25) is 18.1 Å². The Morgan fingerprint density at radius 2 is 1.53 bits per heavy atom. The van der Waals surface area contributed by atoms with Gasteiger partial charge in [-0.25, -0.2) is 18.2 Å². The minimum atomic E-state index is -3.37. The Morgan fingerprint density at radius 1 is 0.956 bits per heavy atom. The third-order valence-corrected chi connectivity index (χ3v) is 15.0. The predicted octanol–water partition coefficient (Wildman–Crippen LogP) is 6.79. The molecule has 0 radical (unpaired) electrons. The van der Waals surface area contributed by atoms with Gasteiger partial charge in [0.1, 0.15) is 5.60 Å². The molecule has 0 unspecified atom stereocenters. The third kappa shape index (κ3) is 14.1. The summed E-state index contributed by atoms with van der Waals surface area (Å²) >= 11 is 0. The Labute approximate surface area is 274 Å². The van der Waals surface area contributed by atoms with Gasteiger partial charge in [-0.05, 0) is 89.1 Å². The molecule has 11 heteroatoms. The zero-order valence-corrected chi connectivity index (χ0v) is 32.3. The average Bonchev–Trinajstić information content (AvgIpc) is 2.79. The number of sulfone groups is 1. The summed E-state index contributed by atoms with van der Waals surface area (Å²) in [7, 11) is -3.97. The molecule has 260 valence electrons. The number of amides is 2. The van der Waals surface area contributed by atoms with Crippen LogP contribution >= 0.6 is 0 Å². The van der Waals surface area contributed by atoms with Gasteiger partial charge < -0.3 is 14.3 Å². The Morgan fingerprint density at radius 3 is 2.04 bits per heavy atom. The lowest BCUT2D eigenvalue weighted by Crippen LogP contribution is -2.52. The van der Waals surface area contributed by atoms with Crippen LogP contribution < -0.4 is 5.43 Å². The summed E-state index contributed by atoms with van der Waals surface area (Å²) in [5.74, 6) is -0.384. The van der Waals surface area contributed by atoms with Crippen molar-refractivity contribution in [2.24, 2.45) is 5.41 Å². The minimum absolute atomic E-state index is 0.00447. The van der Waals surface area contributed by atoms with Crippen LogP contribution in [-0.4, -0.2) is 75.2 Å². The molecule has 0 aliphatic heterocycles. The Balaban J connectivity index is 3.14. The molecule has 0 aromatic heterocycles. The average molecular weight is 671 g/mol. The van der Waals surface area contributed by atoms with Crippen LogP contribution in [0, 0.1) is 5.41 Å². The molecule has 1 aromatic carbocycles. The fourth-order valence-electron chi connectivity index (χ4n) is 4.87. The second kappa shape index (κ2) is 14.9. The number of hydrogen-bond acceptors (Lipinski definition) is 7. The molecule has 0 heterocycles. The second-order valence-electron chi connectivity index (χ2n) is 16.7. The first-order chi connectivity index (χ1) is 20.0. The summed E-state index contributed by atoms with van der Waals surface area (Å²) in [4.78, 5) is 26.5. The van der Waals surface area contributed by atoms with Gasteiger partial charge in [0.2, 0.25) is 5.91 Å². The standard InChI is InChI=1S/C34H62N2O7SSi/c1-30(2,3)43-29(38)36(12)35-28(37)34(11,27-18-15-17-26(23-27)24-33(9,10)39)20-16-19-32(7,8)25-44(40,41)22-21-42-45(13,14)31(4,5)6/h15,17-18,23,39H,16,19-22,24-25H2,1-14H3,(H,35,37)/t34-/m1/s1. The second-order valence-corrected chi connectivity index (χ2v) is 23.7. The maximum Gasteiger partial charge on any atom is 0.428 e. The monoisotopic (exact) mass is 670 g/mol. The lowest BCUT2D eigenvalue weighted by molar-refractivity contribution is -0.131. The highest BCUT2D eigenvalue weighted by Crippen LogP contribution is 2.37. The van der Waals surface area contributed by atoms with E-state index in [1.54, 1.807) is 34.6 Å². The van der Waals surface area contributed by atoms with Gasteiger partial charge in [0.15, 0.2) is 18.2 Å². The lowest BCUT2D eigenvalue weighted by atomic mass is 9.75. The Hall–Kier alpha value is -1.95. The number of carbonyl (C=O) groups excluding carboxylic acids is 2. The van der Waals surface area contributed by atoms with E-state index in [9.17, 15) is 23.1 Å². The highest BCUT2D eigenvalue weighted by atomic mass is 32.2. The maximum absolute atomic E-state index is 13.9. The molecule has 0 aliphatic rings. The van der Waals surface area contributed by atoms with Crippen molar-refractivity contribution in [3.05, 3.63) is 35.4 Å². The first-order valence-electron chi connectivity index (χ1n) is 15.9. The van der Waals surface area contributed by atoms with Crippen LogP contribution in [0.5, 0.6) is 0 Å². The number of hydrogen-bond donors (Lipinski definition) is 2. The smallest absolute Gasteiger partial charge is 0.428 e. The van der Waals surface area contributed by atoms with Crippen molar-refractivity contribution < 1.29 is 32.3 Å². The minimum Gasteiger partial charge on any atom is -0.442 e. The van der Waals surface area contributed by atoms with Crippen LogP contribution in [0.3, 0.4) is 0 Å². The molecular formula is C34H62N2O7SSi. The van der Waals surface area contributed by atoms with Gasteiger partial charge in [-0.1, -0.05) is 65.3 Å². The van der Waals surface area contributed by atoms with Crippen molar-refractivity contribution in [1.82, 2.24) is 10.4 Å². The number of carbonyl (C=O) groups is 2. The summed E-state index contributed by atoms with van der Waals surface area (Å²) in [6, 6.07) is 7.57. The topological polar surface area (TPSA) is 122 Å². The maximum atomic E-state index is 13.9. The van der Waals surface area contributed by atoms with Gasteiger partial charge >= 0.3 is 6.09 Å². The van der Waals surface area contributed by atoms with Gasteiger partial charge in [-0.3, -0.25) is 10.2 Å². The molecule has 0 aliphatic carbocycles. The van der Waals surface area contributed by atoms with Gasteiger partial charge in [-0.15, -0.1) is 0 Å². The molecule has 1 atom stereocenters. The van der Waals surface area contributed by atoms with E-state index < -0.39 is 46.3 Å². The molecule has 0 fully saturated rings. The normalized spacial score (nSPS) is 14.9. The molecule has 0 saturated carbocycles. The lowest BCUT2D eigenvalue weighted by Gasteiger charge is -2.36. The number of ether oxygens (including phenoxy) is 1. The number of nitrogens with one attached hydrogen (secondary N) is 1. The van der Waals surface area contributed by atoms with Crippen molar-refractivity contribution in [3.8, 4) is 0 Å². The van der Waals surface area contributed by atoms with Crippen LogP contribution in [0.1, 0.15) is 107 Å². The SMILES string of the molecule is CN(NC(=O)[C@](C)(CCCC(C)(C)CS(=O)(=O)CCO[Si](C)(C)C(C)(C)C)c1cccc(CC(C)(C)O)c1)C(=O)OC(C)(C)C. The largest absolute Gasteiger partial charge is 0.442 e. The highest BCUT2D eigenvalue weighted by molar-refractivity contribution is 7.91. The van der Waals surface area contributed by atoms with E-state index in [-0.39, 0.29) is 29.1 Å². The van der Waals surface area contributed by atoms with E-state index in [4.69, 9.17) is 9.16 Å². The van der Waals surface area contributed by atoms with Gasteiger partial charge in [0, 0.05) is 20.1 Å². The molecule has 2 N–H and O–H groups in total. The molecule has 45 heavy (non-hydrogen) atoms. The van der Waals surface area contributed by atoms with Gasteiger partial charge in [0.25, 0.3) is 0 Å². The van der Waals surface area contributed by atoms with Crippen LogP contribution in [0.25, 0.3) is 0 Å². The number of benzene rings is 1. The number of aliphatic hydroxyl groups is 1. The van der Waals surface area contributed by atoms with E-state index in [0.29, 0.717) is 25.7 Å². The van der Waals surface area contributed by atoms with Crippen molar-refractivity contribution in [2.75, 3.05) is 25.2 Å². The van der Waals surface area contributed by atoms with Crippen molar-refractivity contribution >= 4 is 30.2 Å². The number of rotatable bonds is 14. The molecule has 1 rings (SSSR count). The summed E-state index contributed by atoms with van der Waals surface area (Å²) in [6.07, 6.45) is 1.27. The van der Waals surface area contributed by atoms with E-state index in [1.807, 2.05) is 45.0 Å². The van der Waals surface area contributed by atoms with Crippen LogP contribution in [0.4, 0.5) is 4.79 Å².